The molecule has 3 saturated carbocycles. The van der Waals surface area contributed by atoms with Crippen LogP contribution in [-0.2, 0) is 11.3 Å². The Morgan fingerprint density at radius 2 is 1.79 bits per heavy atom. The van der Waals surface area contributed by atoms with E-state index >= 15 is 0 Å². The van der Waals surface area contributed by atoms with Gasteiger partial charge in [0, 0.05) is 5.56 Å². The van der Waals surface area contributed by atoms with Crippen LogP contribution in [0.25, 0.3) is 11.5 Å². The summed E-state index contributed by atoms with van der Waals surface area (Å²) in [5.74, 6) is 1.10. The van der Waals surface area contributed by atoms with E-state index in [1.807, 2.05) is 30.3 Å². The number of amides is 1. The topological polar surface area (TPSA) is 55.1 Å². The smallest absolute Gasteiger partial charge is 0.226 e. The number of nitrogens with zero attached hydrogens (tertiary/aromatic N) is 1. The van der Waals surface area contributed by atoms with Gasteiger partial charge in [-0.1, -0.05) is 31.0 Å². The van der Waals surface area contributed by atoms with Crippen molar-refractivity contribution in [2.45, 2.75) is 45.1 Å². The number of carbonyl (C=O) groups excluding carboxylic acids is 1. The number of hydrogen-bond donors (Lipinski definition) is 1. The predicted molar refractivity (Wildman–Crippen MR) is 89.8 cm³/mol. The average Bonchev–Trinajstić information content (AvgIpc) is 2.99. The van der Waals surface area contributed by atoms with Crippen LogP contribution >= 0.6 is 0 Å². The second-order valence-corrected chi connectivity index (χ2v) is 7.68. The van der Waals surface area contributed by atoms with E-state index in [1.54, 1.807) is 6.26 Å². The number of aromatic nitrogens is 1. The quantitative estimate of drug-likeness (QED) is 0.928. The number of oxazole rings is 1. The zero-order valence-electron chi connectivity index (χ0n) is 13.8. The molecule has 0 saturated heterocycles. The summed E-state index contributed by atoms with van der Waals surface area (Å²) in [5.41, 5.74) is 2.48. The van der Waals surface area contributed by atoms with Gasteiger partial charge in [-0.3, -0.25) is 4.79 Å². The molecule has 1 aromatic carbocycles. The molecule has 1 N–H and O–H groups in total. The maximum absolute atomic E-state index is 12.7. The molecule has 2 spiro atoms. The Bertz CT molecular complexity index is 752. The van der Waals surface area contributed by atoms with E-state index < -0.39 is 0 Å². The summed E-state index contributed by atoms with van der Waals surface area (Å²) in [4.78, 5) is 17.2. The molecule has 0 radical (unpaired) electrons. The highest BCUT2D eigenvalue weighted by Gasteiger charge is 2.81. The van der Waals surface area contributed by atoms with Gasteiger partial charge in [0.05, 0.1) is 18.2 Å². The highest BCUT2D eigenvalue weighted by Crippen LogP contribution is 2.84. The number of carbonyl (C=O) groups is 1. The Morgan fingerprint density at radius 1 is 1.12 bits per heavy atom. The first kappa shape index (κ1) is 14.3. The van der Waals surface area contributed by atoms with Crippen LogP contribution in [0.4, 0.5) is 0 Å². The van der Waals surface area contributed by atoms with Gasteiger partial charge >= 0.3 is 0 Å². The van der Waals surface area contributed by atoms with Gasteiger partial charge < -0.3 is 9.73 Å². The van der Waals surface area contributed by atoms with Gasteiger partial charge in [-0.05, 0) is 48.6 Å². The Kier molecular flexibility index (Phi) is 2.94. The van der Waals surface area contributed by atoms with Gasteiger partial charge in [-0.15, -0.1) is 0 Å². The van der Waals surface area contributed by atoms with E-state index in [-0.39, 0.29) is 11.8 Å². The first-order chi connectivity index (χ1) is 11.8. The van der Waals surface area contributed by atoms with Crippen LogP contribution < -0.4 is 5.32 Å². The third-order valence-corrected chi connectivity index (χ3v) is 6.78. The molecule has 2 aromatic rings. The summed E-state index contributed by atoms with van der Waals surface area (Å²) >= 11 is 0. The van der Waals surface area contributed by atoms with Crippen molar-refractivity contribution >= 4 is 5.91 Å². The number of rotatable bonds is 4. The summed E-state index contributed by atoms with van der Waals surface area (Å²) in [5, 5.41) is 3.11. The Hall–Kier alpha value is -2.10. The maximum atomic E-state index is 12.7. The minimum absolute atomic E-state index is 0.235. The highest BCUT2D eigenvalue weighted by molar-refractivity contribution is 5.85. The second-order valence-electron chi connectivity index (χ2n) is 7.68. The lowest BCUT2D eigenvalue weighted by atomic mass is 9.67. The SMILES string of the molecule is O=C(NCc1coc(-c2ccccc2)n1)C1C2(CCC2)C12CCC2. The Balaban J connectivity index is 1.24. The standard InChI is InChI=1S/C20H22N2O2/c23-17(16-19(8-4-9-19)20(16)10-5-11-20)21-12-15-13-24-18(22-15)14-6-2-1-3-7-14/h1-3,6-7,13,16H,4-5,8-12H2,(H,21,23). The van der Waals surface area contributed by atoms with Gasteiger partial charge in [0.15, 0.2) is 0 Å². The highest BCUT2D eigenvalue weighted by atomic mass is 16.3. The second kappa shape index (κ2) is 4.95. The Morgan fingerprint density at radius 3 is 2.38 bits per heavy atom. The molecule has 0 atom stereocenters. The molecular weight excluding hydrogens is 300 g/mol. The third kappa shape index (κ3) is 1.80. The largest absolute Gasteiger partial charge is 0.444 e. The number of hydrogen-bond acceptors (Lipinski definition) is 3. The Labute approximate surface area is 141 Å². The monoisotopic (exact) mass is 322 g/mol. The fraction of sp³-hybridized carbons (Fsp3) is 0.500. The molecular formula is C20H22N2O2. The molecule has 3 aliphatic rings. The van der Waals surface area contributed by atoms with Crippen LogP contribution in [0.1, 0.15) is 44.2 Å². The molecule has 1 aromatic heterocycles. The molecule has 3 fully saturated rings. The summed E-state index contributed by atoms with van der Waals surface area (Å²) in [6, 6.07) is 9.84. The first-order valence-electron chi connectivity index (χ1n) is 9.03. The van der Waals surface area contributed by atoms with E-state index in [4.69, 9.17) is 4.42 Å². The molecule has 24 heavy (non-hydrogen) atoms. The fourth-order valence-electron chi connectivity index (χ4n) is 5.31. The van der Waals surface area contributed by atoms with E-state index in [0.29, 0.717) is 23.3 Å². The molecule has 124 valence electrons. The third-order valence-electron chi connectivity index (χ3n) is 6.78. The summed E-state index contributed by atoms with van der Waals surface area (Å²) < 4.78 is 5.54. The van der Waals surface area contributed by atoms with Crippen molar-refractivity contribution in [3.8, 4) is 11.5 Å². The van der Waals surface area contributed by atoms with Crippen LogP contribution in [-0.4, -0.2) is 10.9 Å². The van der Waals surface area contributed by atoms with Crippen molar-refractivity contribution in [3.63, 3.8) is 0 Å². The van der Waals surface area contributed by atoms with Crippen molar-refractivity contribution in [3.05, 3.63) is 42.3 Å². The lowest BCUT2D eigenvalue weighted by Gasteiger charge is -2.37. The van der Waals surface area contributed by atoms with Crippen molar-refractivity contribution in [2.24, 2.45) is 16.7 Å². The van der Waals surface area contributed by atoms with E-state index in [1.165, 1.54) is 38.5 Å². The van der Waals surface area contributed by atoms with Crippen LogP contribution in [0.3, 0.4) is 0 Å². The van der Waals surface area contributed by atoms with Crippen LogP contribution in [0, 0.1) is 16.7 Å². The molecule has 3 aliphatic carbocycles. The number of fused-ring (bicyclic) bond motifs is 1. The van der Waals surface area contributed by atoms with Crippen LogP contribution in [0.2, 0.25) is 0 Å². The predicted octanol–water partition coefficient (Wildman–Crippen LogP) is 3.93. The van der Waals surface area contributed by atoms with Crippen molar-refractivity contribution < 1.29 is 9.21 Å². The maximum Gasteiger partial charge on any atom is 0.226 e. The fourth-order valence-corrected chi connectivity index (χ4v) is 5.31. The summed E-state index contributed by atoms with van der Waals surface area (Å²) in [7, 11) is 0. The van der Waals surface area contributed by atoms with Crippen molar-refractivity contribution in [1.29, 1.82) is 0 Å². The van der Waals surface area contributed by atoms with Crippen LogP contribution in [0.5, 0.6) is 0 Å². The van der Waals surface area contributed by atoms with E-state index in [9.17, 15) is 4.79 Å². The average molecular weight is 322 g/mol. The lowest BCUT2D eigenvalue weighted by Crippen LogP contribution is -2.29. The minimum atomic E-state index is 0.235. The van der Waals surface area contributed by atoms with E-state index in [0.717, 1.165) is 11.3 Å². The zero-order chi connectivity index (χ0) is 16.2. The van der Waals surface area contributed by atoms with Gasteiger partial charge in [0.1, 0.15) is 6.26 Å². The number of nitrogens with one attached hydrogen (secondary N) is 1. The zero-order valence-corrected chi connectivity index (χ0v) is 13.8. The number of benzene rings is 1. The van der Waals surface area contributed by atoms with Gasteiger partial charge in [-0.25, -0.2) is 4.98 Å². The van der Waals surface area contributed by atoms with Crippen molar-refractivity contribution in [1.82, 2.24) is 10.3 Å². The summed E-state index contributed by atoms with van der Waals surface area (Å²) in [6.45, 7) is 0.456. The molecule has 4 nitrogen and oxygen atoms in total. The minimum Gasteiger partial charge on any atom is -0.444 e. The molecule has 5 rings (SSSR count). The van der Waals surface area contributed by atoms with Gasteiger partial charge in [0.25, 0.3) is 0 Å². The molecule has 0 aliphatic heterocycles. The van der Waals surface area contributed by atoms with Gasteiger partial charge in [-0.2, -0.15) is 0 Å². The molecule has 1 amide bonds. The molecule has 4 heteroatoms. The molecule has 0 bridgehead atoms. The van der Waals surface area contributed by atoms with Crippen LogP contribution in [0.15, 0.2) is 41.0 Å². The van der Waals surface area contributed by atoms with Crippen molar-refractivity contribution in [2.75, 3.05) is 0 Å². The molecule has 0 unspecified atom stereocenters. The first-order valence-corrected chi connectivity index (χ1v) is 9.03. The molecule has 1 heterocycles. The lowest BCUT2D eigenvalue weighted by molar-refractivity contribution is -0.124. The van der Waals surface area contributed by atoms with Gasteiger partial charge in [0.2, 0.25) is 11.8 Å². The van der Waals surface area contributed by atoms with E-state index in [2.05, 4.69) is 10.3 Å². The normalized spacial score (nSPS) is 22.8. The summed E-state index contributed by atoms with van der Waals surface area (Å²) in [6.07, 6.45) is 9.28.